The van der Waals surface area contributed by atoms with Crippen LogP contribution in [0.25, 0.3) is 5.57 Å². The van der Waals surface area contributed by atoms with Crippen molar-refractivity contribution in [2.75, 3.05) is 19.7 Å². The summed E-state index contributed by atoms with van der Waals surface area (Å²) in [5, 5.41) is 8.83. The van der Waals surface area contributed by atoms with Crippen LogP contribution in [0.4, 0.5) is 4.39 Å². The molecule has 1 aliphatic heterocycles. The van der Waals surface area contributed by atoms with E-state index in [1.807, 2.05) is 6.08 Å². The van der Waals surface area contributed by atoms with Crippen molar-refractivity contribution in [1.29, 1.82) is 0 Å². The van der Waals surface area contributed by atoms with Crippen LogP contribution < -0.4 is 0 Å². The number of hydrogen-bond donors (Lipinski definition) is 1. The average molecular weight is 249 g/mol. The van der Waals surface area contributed by atoms with Crippen LogP contribution in [0.15, 0.2) is 30.3 Å². The SMILES string of the molecule is O=C(CO)N1CC=C(c2ccccc2F)CCC1. The van der Waals surface area contributed by atoms with Gasteiger partial charge in [-0.2, -0.15) is 0 Å². The van der Waals surface area contributed by atoms with Crippen LogP contribution in [-0.2, 0) is 4.79 Å². The third-order valence-corrected chi connectivity index (χ3v) is 3.14. The van der Waals surface area contributed by atoms with Crippen LogP contribution in [0.5, 0.6) is 0 Å². The molecule has 1 aromatic carbocycles. The minimum Gasteiger partial charge on any atom is -0.387 e. The van der Waals surface area contributed by atoms with Crippen LogP contribution >= 0.6 is 0 Å². The van der Waals surface area contributed by atoms with Gasteiger partial charge in [0.1, 0.15) is 12.4 Å². The van der Waals surface area contributed by atoms with Crippen molar-refractivity contribution in [1.82, 2.24) is 4.90 Å². The van der Waals surface area contributed by atoms with E-state index >= 15 is 0 Å². The highest BCUT2D eigenvalue weighted by Crippen LogP contribution is 2.24. The number of aliphatic hydroxyl groups excluding tert-OH is 1. The number of aliphatic hydroxyl groups is 1. The average Bonchev–Trinajstić information content (AvgIpc) is 2.64. The van der Waals surface area contributed by atoms with Gasteiger partial charge in [-0.15, -0.1) is 0 Å². The van der Waals surface area contributed by atoms with E-state index in [0.717, 1.165) is 18.4 Å². The normalized spacial score (nSPS) is 16.1. The Kier molecular flexibility index (Phi) is 4.10. The number of carbonyl (C=O) groups excluding carboxylic acids is 1. The Morgan fingerprint density at radius 2 is 2.17 bits per heavy atom. The molecule has 0 fully saturated rings. The van der Waals surface area contributed by atoms with Gasteiger partial charge in [-0.25, -0.2) is 4.39 Å². The van der Waals surface area contributed by atoms with Crippen molar-refractivity contribution in [2.24, 2.45) is 0 Å². The maximum atomic E-state index is 13.7. The van der Waals surface area contributed by atoms with Gasteiger partial charge in [0.25, 0.3) is 0 Å². The molecule has 1 aromatic rings. The Balaban J connectivity index is 2.18. The highest BCUT2D eigenvalue weighted by atomic mass is 19.1. The molecule has 3 nitrogen and oxygen atoms in total. The lowest BCUT2D eigenvalue weighted by atomic mass is 10.0. The van der Waals surface area contributed by atoms with Gasteiger partial charge >= 0.3 is 0 Å². The standard InChI is InChI=1S/C14H16FNO2/c15-13-6-2-1-5-12(13)11-4-3-8-16(9-7-11)14(18)10-17/h1-2,5-7,17H,3-4,8-10H2. The fourth-order valence-electron chi connectivity index (χ4n) is 2.17. The van der Waals surface area contributed by atoms with E-state index in [9.17, 15) is 9.18 Å². The van der Waals surface area contributed by atoms with Crippen LogP contribution in [0.3, 0.4) is 0 Å². The van der Waals surface area contributed by atoms with Gasteiger partial charge in [-0.05, 0) is 24.5 Å². The van der Waals surface area contributed by atoms with Gasteiger partial charge in [-0.1, -0.05) is 24.3 Å². The third kappa shape index (κ3) is 2.76. The molecule has 0 aromatic heterocycles. The summed E-state index contributed by atoms with van der Waals surface area (Å²) in [7, 11) is 0. The molecule has 1 N–H and O–H groups in total. The summed E-state index contributed by atoms with van der Waals surface area (Å²) in [6.45, 7) is 0.569. The third-order valence-electron chi connectivity index (χ3n) is 3.14. The highest BCUT2D eigenvalue weighted by Gasteiger charge is 2.16. The highest BCUT2D eigenvalue weighted by molar-refractivity contribution is 5.78. The molecule has 0 saturated heterocycles. The molecule has 96 valence electrons. The largest absolute Gasteiger partial charge is 0.387 e. The second-order valence-corrected chi connectivity index (χ2v) is 4.31. The zero-order valence-corrected chi connectivity index (χ0v) is 10.1. The summed E-state index contributed by atoms with van der Waals surface area (Å²) in [6.07, 6.45) is 3.40. The number of amides is 1. The van der Waals surface area contributed by atoms with E-state index in [0.29, 0.717) is 18.7 Å². The van der Waals surface area contributed by atoms with Crippen LogP contribution in [0.2, 0.25) is 0 Å². The van der Waals surface area contributed by atoms with Gasteiger partial charge in [-0.3, -0.25) is 4.79 Å². The van der Waals surface area contributed by atoms with E-state index < -0.39 is 6.61 Å². The molecule has 4 heteroatoms. The molecule has 0 spiro atoms. The molecule has 1 amide bonds. The van der Waals surface area contributed by atoms with E-state index in [2.05, 4.69) is 0 Å². The zero-order valence-electron chi connectivity index (χ0n) is 10.1. The first-order valence-corrected chi connectivity index (χ1v) is 6.05. The predicted octanol–water partition coefficient (Wildman–Crippen LogP) is 1.82. The topological polar surface area (TPSA) is 40.5 Å². The molecule has 2 rings (SSSR count). The number of rotatable bonds is 2. The van der Waals surface area contributed by atoms with E-state index in [1.165, 1.54) is 6.07 Å². The number of carbonyl (C=O) groups is 1. The second kappa shape index (κ2) is 5.78. The molecule has 1 heterocycles. The number of halogens is 1. The van der Waals surface area contributed by atoms with Gasteiger partial charge in [0.15, 0.2) is 0 Å². The Labute approximate surface area is 106 Å². The maximum Gasteiger partial charge on any atom is 0.248 e. The number of hydrogen-bond acceptors (Lipinski definition) is 2. The second-order valence-electron chi connectivity index (χ2n) is 4.31. The van der Waals surface area contributed by atoms with Gasteiger partial charge in [0.2, 0.25) is 5.91 Å². The molecule has 0 aliphatic carbocycles. The predicted molar refractivity (Wildman–Crippen MR) is 67.3 cm³/mol. The Bertz CT molecular complexity index is 471. The summed E-state index contributed by atoms with van der Waals surface area (Å²) >= 11 is 0. The quantitative estimate of drug-likeness (QED) is 0.868. The molecular weight excluding hydrogens is 233 g/mol. The lowest BCUT2D eigenvalue weighted by Gasteiger charge is -2.17. The van der Waals surface area contributed by atoms with Gasteiger partial charge < -0.3 is 10.0 Å². The first kappa shape index (κ1) is 12.8. The van der Waals surface area contributed by atoms with Gasteiger partial charge in [0, 0.05) is 18.7 Å². The lowest BCUT2D eigenvalue weighted by Crippen LogP contribution is -2.33. The fourth-order valence-corrected chi connectivity index (χ4v) is 2.17. The Morgan fingerprint density at radius 1 is 1.39 bits per heavy atom. The van der Waals surface area contributed by atoms with Gasteiger partial charge in [0.05, 0.1) is 0 Å². The van der Waals surface area contributed by atoms with Crippen molar-refractivity contribution in [3.8, 4) is 0 Å². The van der Waals surface area contributed by atoms with Crippen molar-refractivity contribution >= 4 is 11.5 Å². The molecule has 0 atom stereocenters. The maximum absolute atomic E-state index is 13.7. The first-order chi connectivity index (χ1) is 8.72. The molecule has 0 radical (unpaired) electrons. The lowest BCUT2D eigenvalue weighted by molar-refractivity contribution is -0.133. The van der Waals surface area contributed by atoms with Crippen molar-refractivity contribution in [3.63, 3.8) is 0 Å². The minimum absolute atomic E-state index is 0.231. The van der Waals surface area contributed by atoms with E-state index in [1.54, 1.807) is 23.1 Å². The van der Waals surface area contributed by atoms with Crippen LogP contribution in [0, 0.1) is 5.82 Å². The molecule has 0 saturated carbocycles. The summed E-state index contributed by atoms with van der Waals surface area (Å²) in [4.78, 5) is 13.0. The smallest absolute Gasteiger partial charge is 0.248 e. The van der Waals surface area contributed by atoms with Crippen molar-refractivity contribution < 1.29 is 14.3 Å². The summed E-state index contributed by atoms with van der Waals surface area (Å²) in [5.41, 5.74) is 1.54. The van der Waals surface area contributed by atoms with E-state index in [-0.39, 0.29) is 11.7 Å². The number of allylic oxidation sites excluding steroid dienone is 1. The van der Waals surface area contributed by atoms with Crippen LogP contribution in [-0.4, -0.2) is 35.6 Å². The monoisotopic (exact) mass is 249 g/mol. The molecule has 0 unspecified atom stereocenters. The molecule has 1 aliphatic rings. The zero-order chi connectivity index (χ0) is 13.0. The number of nitrogens with zero attached hydrogens (tertiary/aromatic N) is 1. The van der Waals surface area contributed by atoms with Crippen molar-refractivity contribution in [2.45, 2.75) is 12.8 Å². The molecule has 18 heavy (non-hydrogen) atoms. The minimum atomic E-state index is -0.469. The molecule has 0 bridgehead atoms. The number of benzene rings is 1. The van der Waals surface area contributed by atoms with E-state index in [4.69, 9.17) is 5.11 Å². The summed E-state index contributed by atoms with van der Waals surface area (Å²) in [5.74, 6) is -0.508. The Hall–Kier alpha value is -1.68. The first-order valence-electron chi connectivity index (χ1n) is 6.05. The summed E-state index contributed by atoms with van der Waals surface area (Å²) < 4.78 is 13.7. The van der Waals surface area contributed by atoms with Crippen molar-refractivity contribution in [3.05, 3.63) is 41.7 Å². The van der Waals surface area contributed by atoms with Crippen LogP contribution in [0.1, 0.15) is 18.4 Å². The Morgan fingerprint density at radius 3 is 2.89 bits per heavy atom. The summed E-state index contributed by atoms with van der Waals surface area (Å²) in [6, 6.07) is 6.67. The molecular formula is C14H16FNO2. The fraction of sp³-hybridized carbons (Fsp3) is 0.357.